The van der Waals surface area contributed by atoms with Crippen molar-refractivity contribution >= 4 is 23.4 Å². The van der Waals surface area contributed by atoms with Crippen molar-refractivity contribution in [3.8, 4) is 0 Å². The largest absolute Gasteiger partial charge is 0.354 e. The summed E-state index contributed by atoms with van der Waals surface area (Å²) in [4.78, 5) is 27.5. The van der Waals surface area contributed by atoms with Gasteiger partial charge in [-0.25, -0.2) is 4.39 Å². The predicted molar refractivity (Wildman–Crippen MR) is 114 cm³/mol. The van der Waals surface area contributed by atoms with E-state index in [9.17, 15) is 14.0 Å². The standard InChI is InChI=1S/C23H28ClFN2O2/c1-3-5-14-26-23(29)21(4-2)27(16-18-8-6-7-9-20(18)24)22(28)15-17-10-12-19(25)13-11-17/h6-13,21H,3-5,14-16H2,1-2H3,(H,26,29)/t21-/m1/s1. The first-order valence-corrected chi connectivity index (χ1v) is 10.4. The van der Waals surface area contributed by atoms with Gasteiger partial charge in [-0.3, -0.25) is 9.59 Å². The van der Waals surface area contributed by atoms with Crippen LogP contribution in [0.5, 0.6) is 0 Å². The second kappa shape index (κ2) is 11.6. The molecule has 0 bridgehead atoms. The van der Waals surface area contributed by atoms with Gasteiger partial charge in [0, 0.05) is 18.1 Å². The molecule has 2 aromatic carbocycles. The van der Waals surface area contributed by atoms with Crippen LogP contribution in [0, 0.1) is 5.82 Å². The summed E-state index contributed by atoms with van der Waals surface area (Å²) in [6.07, 6.45) is 2.43. The van der Waals surface area contributed by atoms with E-state index in [-0.39, 0.29) is 30.6 Å². The molecule has 0 saturated carbocycles. The molecule has 0 aliphatic rings. The lowest BCUT2D eigenvalue weighted by atomic mass is 10.1. The first-order chi connectivity index (χ1) is 14.0. The summed E-state index contributed by atoms with van der Waals surface area (Å²) in [5.74, 6) is -0.717. The minimum Gasteiger partial charge on any atom is -0.354 e. The van der Waals surface area contributed by atoms with Gasteiger partial charge in [-0.15, -0.1) is 0 Å². The van der Waals surface area contributed by atoms with Crippen LogP contribution in [-0.4, -0.2) is 29.3 Å². The van der Waals surface area contributed by atoms with Crippen LogP contribution < -0.4 is 5.32 Å². The summed E-state index contributed by atoms with van der Waals surface area (Å²) in [6.45, 7) is 4.76. The van der Waals surface area contributed by atoms with Crippen LogP contribution in [0.4, 0.5) is 4.39 Å². The van der Waals surface area contributed by atoms with Gasteiger partial charge in [0.2, 0.25) is 11.8 Å². The molecule has 0 heterocycles. The summed E-state index contributed by atoms with van der Waals surface area (Å²) in [5.41, 5.74) is 1.48. The van der Waals surface area contributed by atoms with Crippen molar-refractivity contribution in [1.82, 2.24) is 10.2 Å². The highest BCUT2D eigenvalue weighted by Crippen LogP contribution is 2.20. The quantitative estimate of drug-likeness (QED) is 0.566. The molecule has 2 aromatic rings. The Balaban J connectivity index is 2.25. The van der Waals surface area contributed by atoms with Crippen LogP contribution in [0.15, 0.2) is 48.5 Å². The first-order valence-electron chi connectivity index (χ1n) is 10.0. The molecular weight excluding hydrogens is 391 g/mol. The molecule has 29 heavy (non-hydrogen) atoms. The number of nitrogens with zero attached hydrogens (tertiary/aromatic N) is 1. The lowest BCUT2D eigenvalue weighted by Crippen LogP contribution is -2.49. The maximum absolute atomic E-state index is 13.2. The summed E-state index contributed by atoms with van der Waals surface area (Å²) >= 11 is 6.30. The van der Waals surface area contributed by atoms with E-state index >= 15 is 0 Å². The number of unbranched alkanes of at least 4 members (excludes halogenated alkanes) is 1. The molecule has 1 atom stereocenters. The van der Waals surface area contributed by atoms with E-state index in [4.69, 9.17) is 11.6 Å². The van der Waals surface area contributed by atoms with Gasteiger partial charge in [-0.05, 0) is 42.2 Å². The van der Waals surface area contributed by atoms with E-state index in [0.717, 1.165) is 18.4 Å². The zero-order chi connectivity index (χ0) is 21.2. The Morgan fingerprint density at radius 1 is 1.10 bits per heavy atom. The Bertz CT molecular complexity index is 811. The molecular formula is C23H28ClFN2O2. The first kappa shape index (κ1) is 22.9. The number of carbonyl (C=O) groups is 2. The molecule has 0 aliphatic heterocycles. The third-order valence-corrected chi connectivity index (χ3v) is 5.15. The van der Waals surface area contributed by atoms with E-state index in [1.807, 2.05) is 25.1 Å². The lowest BCUT2D eigenvalue weighted by Gasteiger charge is -2.31. The fourth-order valence-corrected chi connectivity index (χ4v) is 3.31. The van der Waals surface area contributed by atoms with Crippen LogP contribution >= 0.6 is 11.6 Å². The molecule has 6 heteroatoms. The second-order valence-electron chi connectivity index (χ2n) is 6.98. The molecule has 2 rings (SSSR count). The average molecular weight is 419 g/mol. The average Bonchev–Trinajstić information content (AvgIpc) is 2.71. The third kappa shape index (κ3) is 6.86. The zero-order valence-electron chi connectivity index (χ0n) is 17.0. The monoisotopic (exact) mass is 418 g/mol. The van der Waals surface area contributed by atoms with Crippen LogP contribution in [-0.2, 0) is 22.6 Å². The Morgan fingerprint density at radius 2 is 1.79 bits per heavy atom. The second-order valence-corrected chi connectivity index (χ2v) is 7.39. The van der Waals surface area contributed by atoms with Crippen molar-refractivity contribution < 1.29 is 14.0 Å². The summed E-state index contributed by atoms with van der Waals surface area (Å²) in [5, 5.41) is 3.48. The minimum atomic E-state index is -0.601. The molecule has 0 aliphatic carbocycles. The summed E-state index contributed by atoms with van der Waals surface area (Å²) in [7, 11) is 0. The number of amides is 2. The van der Waals surface area contributed by atoms with Gasteiger partial charge >= 0.3 is 0 Å². The highest BCUT2D eigenvalue weighted by molar-refractivity contribution is 6.31. The number of nitrogens with one attached hydrogen (secondary N) is 1. The van der Waals surface area contributed by atoms with Crippen LogP contribution in [0.25, 0.3) is 0 Å². The van der Waals surface area contributed by atoms with Gasteiger partial charge in [0.05, 0.1) is 6.42 Å². The van der Waals surface area contributed by atoms with Crippen molar-refractivity contribution in [3.63, 3.8) is 0 Å². The van der Waals surface area contributed by atoms with E-state index in [1.54, 1.807) is 23.1 Å². The number of hydrogen-bond donors (Lipinski definition) is 1. The fourth-order valence-electron chi connectivity index (χ4n) is 3.11. The number of carbonyl (C=O) groups excluding carboxylic acids is 2. The lowest BCUT2D eigenvalue weighted by molar-refractivity contribution is -0.140. The van der Waals surface area contributed by atoms with E-state index in [1.165, 1.54) is 12.1 Å². The number of hydrogen-bond acceptors (Lipinski definition) is 2. The molecule has 4 nitrogen and oxygen atoms in total. The number of rotatable bonds is 10. The highest BCUT2D eigenvalue weighted by Gasteiger charge is 2.28. The Morgan fingerprint density at radius 3 is 2.41 bits per heavy atom. The molecule has 156 valence electrons. The molecule has 0 radical (unpaired) electrons. The molecule has 0 aromatic heterocycles. The van der Waals surface area contributed by atoms with Crippen molar-refractivity contribution in [2.45, 2.75) is 52.1 Å². The van der Waals surface area contributed by atoms with Gasteiger partial charge in [0.25, 0.3) is 0 Å². The van der Waals surface area contributed by atoms with E-state index < -0.39 is 6.04 Å². The van der Waals surface area contributed by atoms with E-state index in [0.29, 0.717) is 23.6 Å². The van der Waals surface area contributed by atoms with E-state index in [2.05, 4.69) is 12.2 Å². The third-order valence-electron chi connectivity index (χ3n) is 4.78. The Hall–Kier alpha value is -2.40. The maximum Gasteiger partial charge on any atom is 0.242 e. The highest BCUT2D eigenvalue weighted by atomic mass is 35.5. The summed E-state index contributed by atoms with van der Waals surface area (Å²) < 4.78 is 13.2. The number of halogens is 2. The summed E-state index contributed by atoms with van der Waals surface area (Å²) in [6, 6.07) is 12.5. The zero-order valence-corrected chi connectivity index (χ0v) is 17.7. The Labute approximate surface area is 177 Å². The molecule has 2 amide bonds. The molecule has 0 fully saturated rings. The van der Waals surface area contributed by atoms with Crippen molar-refractivity contribution in [1.29, 1.82) is 0 Å². The number of benzene rings is 2. The van der Waals surface area contributed by atoms with Gasteiger partial charge in [0.1, 0.15) is 11.9 Å². The van der Waals surface area contributed by atoms with Crippen LogP contribution in [0.2, 0.25) is 5.02 Å². The SMILES string of the molecule is CCCCNC(=O)[C@@H](CC)N(Cc1ccccc1Cl)C(=O)Cc1ccc(F)cc1. The molecule has 0 unspecified atom stereocenters. The van der Waals surface area contributed by atoms with Gasteiger partial charge < -0.3 is 10.2 Å². The van der Waals surface area contributed by atoms with Crippen molar-refractivity contribution in [2.24, 2.45) is 0 Å². The topological polar surface area (TPSA) is 49.4 Å². The molecule has 1 N–H and O–H groups in total. The smallest absolute Gasteiger partial charge is 0.242 e. The van der Waals surface area contributed by atoms with Crippen LogP contribution in [0.3, 0.4) is 0 Å². The maximum atomic E-state index is 13.2. The van der Waals surface area contributed by atoms with Gasteiger partial charge in [-0.1, -0.05) is 62.2 Å². The normalized spacial score (nSPS) is 11.7. The molecule has 0 saturated heterocycles. The predicted octanol–water partition coefficient (Wildman–Crippen LogP) is 4.75. The van der Waals surface area contributed by atoms with Crippen molar-refractivity contribution in [3.05, 3.63) is 70.5 Å². The van der Waals surface area contributed by atoms with Crippen LogP contribution in [0.1, 0.15) is 44.2 Å². The minimum absolute atomic E-state index is 0.0868. The van der Waals surface area contributed by atoms with Gasteiger partial charge in [-0.2, -0.15) is 0 Å². The van der Waals surface area contributed by atoms with Crippen molar-refractivity contribution in [2.75, 3.05) is 6.54 Å². The Kier molecular flexibility index (Phi) is 9.13. The van der Waals surface area contributed by atoms with Gasteiger partial charge in [0.15, 0.2) is 0 Å². The molecule has 0 spiro atoms. The fraction of sp³-hybridized carbons (Fsp3) is 0.391.